The lowest BCUT2D eigenvalue weighted by molar-refractivity contribution is -0.119. The number of para-hydroxylation sites is 2. The zero-order chi connectivity index (χ0) is 31.2. The Bertz CT molecular complexity index is 1940. The molecule has 7 rings (SSSR count). The summed E-state index contributed by atoms with van der Waals surface area (Å²) in [6.45, 7) is 1.53. The second-order valence-corrected chi connectivity index (χ2v) is 11.8. The third-order valence-electron chi connectivity index (χ3n) is 8.63. The number of hydrogen-bond donors (Lipinski definition) is 0. The summed E-state index contributed by atoms with van der Waals surface area (Å²) in [5, 5.41) is 1.95. The third kappa shape index (κ3) is 4.86. The van der Waals surface area contributed by atoms with Gasteiger partial charge in [0.25, 0.3) is 17.7 Å². The molecule has 45 heavy (non-hydrogen) atoms. The van der Waals surface area contributed by atoms with E-state index in [-0.39, 0.29) is 11.9 Å². The van der Waals surface area contributed by atoms with Crippen LogP contribution in [-0.2, 0) is 4.79 Å². The molecule has 2 atom stereocenters. The van der Waals surface area contributed by atoms with Crippen LogP contribution in [0.2, 0.25) is 5.02 Å². The van der Waals surface area contributed by atoms with E-state index in [2.05, 4.69) is 0 Å². The fourth-order valence-corrected chi connectivity index (χ4v) is 6.72. The van der Waals surface area contributed by atoms with Gasteiger partial charge in [-0.1, -0.05) is 72.3 Å². The molecule has 0 spiro atoms. The molecule has 2 unspecified atom stereocenters. The molecule has 0 radical (unpaired) electrons. The van der Waals surface area contributed by atoms with Crippen LogP contribution in [0.4, 0.5) is 11.4 Å². The average molecular weight is 614 g/mol. The maximum absolute atomic E-state index is 14.4. The molecule has 5 aromatic carbocycles. The van der Waals surface area contributed by atoms with Crippen LogP contribution in [0, 0.1) is 0 Å². The normalized spacial score (nSPS) is 17.3. The molecule has 0 aliphatic carbocycles. The van der Waals surface area contributed by atoms with Crippen molar-refractivity contribution in [3.8, 4) is 0 Å². The molecule has 0 saturated heterocycles. The molecule has 0 saturated carbocycles. The summed E-state index contributed by atoms with van der Waals surface area (Å²) in [6.07, 6.45) is 0.432. The van der Waals surface area contributed by atoms with Gasteiger partial charge in [-0.3, -0.25) is 24.1 Å². The van der Waals surface area contributed by atoms with Crippen molar-refractivity contribution in [2.45, 2.75) is 25.4 Å². The first kappa shape index (κ1) is 28.5. The summed E-state index contributed by atoms with van der Waals surface area (Å²) in [4.78, 5) is 60.1. The van der Waals surface area contributed by atoms with Gasteiger partial charge in [-0.15, -0.1) is 0 Å². The van der Waals surface area contributed by atoms with Crippen molar-refractivity contribution in [2.75, 3.05) is 16.3 Å². The highest BCUT2D eigenvalue weighted by atomic mass is 35.5. The summed E-state index contributed by atoms with van der Waals surface area (Å²) in [5.41, 5.74) is 3.42. The van der Waals surface area contributed by atoms with Crippen molar-refractivity contribution in [2.24, 2.45) is 0 Å². The molecule has 8 heteroatoms. The molecule has 0 N–H and O–H groups in total. The molecule has 222 valence electrons. The number of rotatable bonds is 5. The number of imide groups is 1. The molecule has 4 amide bonds. The van der Waals surface area contributed by atoms with Crippen LogP contribution >= 0.6 is 11.6 Å². The Labute approximate surface area is 265 Å². The van der Waals surface area contributed by atoms with Crippen LogP contribution in [0.1, 0.15) is 56.0 Å². The van der Waals surface area contributed by atoms with E-state index in [0.29, 0.717) is 44.9 Å². The van der Waals surface area contributed by atoms with Gasteiger partial charge in [-0.2, -0.15) is 0 Å². The van der Waals surface area contributed by atoms with Gasteiger partial charge in [0.2, 0.25) is 5.91 Å². The van der Waals surface area contributed by atoms with Crippen molar-refractivity contribution in [3.63, 3.8) is 0 Å². The molecule has 2 aliphatic heterocycles. The maximum Gasteiger partial charge on any atom is 0.261 e. The average Bonchev–Trinajstić information content (AvgIpc) is 3.06. The molecule has 0 fully saturated rings. The second-order valence-electron chi connectivity index (χ2n) is 11.3. The fourth-order valence-electron chi connectivity index (χ4n) is 6.59. The van der Waals surface area contributed by atoms with Crippen molar-refractivity contribution >= 4 is 57.4 Å². The minimum Gasteiger partial charge on any atom is -0.305 e. The number of halogens is 1. The highest BCUT2D eigenvalue weighted by molar-refractivity contribution is 6.30. The van der Waals surface area contributed by atoms with Gasteiger partial charge in [-0.25, -0.2) is 0 Å². The number of amides is 4. The van der Waals surface area contributed by atoms with E-state index in [1.165, 1.54) is 0 Å². The van der Waals surface area contributed by atoms with Crippen molar-refractivity contribution < 1.29 is 19.2 Å². The third-order valence-corrected chi connectivity index (χ3v) is 8.89. The molecule has 7 nitrogen and oxygen atoms in total. The van der Waals surface area contributed by atoms with Crippen LogP contribution < -0.4 is 9.80 Å². The van der Waals surface area contributed by atoms with Crippen LogP contribution in [0.3, 0.4) is 0 Å². The molecule has 2 aliphatic rings. The number of carbonyl (C=O) groups is 4. The highest BCUT2D eigenvalue weighted by Crippen LogP contribution is 2.43. The van der Waals surface area contributed by atoms with Crippen LogP contribution in [0.5, 0.6) is 0 Å². The first-order valence-corrected chi connectivity index (χ1v) is 15.1. The summed E-state index contributed by atoms with van der Waals surface area (Å²) in [5.74, 6) is -1.57. The van der Waals surface area contributed by atoms with Gasteiger partial charge in [0.05, 0.1) is 6.04 Å². The fraction of sp³-hybridized carbons (Fsp3) is 0.135. The number of hydrogen-bond acceptors (Lipinski definition) is 4. The number of nitrogens with zero attached hydrogens (tertiary/aromatic N) is 3. The zero-order valence-corrected chi connectivity index (χ0v) is 25.1. The van der Waals surface area contributed by atoms with Gasteiger partial charge in [0.1, 0.15) is 6.54 Å². The van der Waals surface area contributed by atoms with E-state index in [4.69, 9.17) is 11.6 Å². The number of fused-ring (bicyclic) bond motifs is 1. The highest BCUT2D eigenvalue weighted by Gasteiger charge is 2.41. The Kier molecular flexibility index (Phi) is 7.18. The molecular formula is C37H28ClN3O4. The van der Waals surface area contributed by atoms with Crippen molar-refractivity contribution in [1.82, 2.24) is 4.90 Å². The van der Waals surface area contributed by atoms with Crippen molar-refractivity contribution in [1.29, 1.82) is 0 Å². The van der Waals surface area contributed by atoms with Gasteiger partial charge < -0.3 is 9.80 Å². The Morgan fingerprint density at radius 3 is 2.07 bits per heavy atom. The molecular weight excluding hydrogens is 586 g/mol. The Morgan fingerprint density at radius 2 is 1.40 bits per heavy atom. The monoisotopic (exact) mass is 613 g/mol. The topological polar surface area (TPSA) is 78.0 Å². The quantitative estimate of drug-likeness (QED) is 0.195. The van der Waals surface area contributed by atoms with E-state index in [1.807, 2.05) is 73.7 Å². The summed E-state index contributed by atoms with van der Waals surface area (Å²) >= 11 is 6.08. The molecule has 0 bridgehead atoms. The van der Waals surface area contributed by atoms with Gasteiger partial charge in [0, 0.05) is 44.5 Å². The van der Waals surface area contributed by atoms with Gasteiger partial charge >= 0.3 is 0 Å². The Morgan fingerprint density at radius 1 is 0.778 bits per heavy atom. The lowest BCUT2D eigenvalue weighted by Crippen LogP contribution is -2.51. The first-order valence-electron chi connectivity index (χ1n) is 14.8. The smallest absolute Gasteiger partial charge is 0.261 e. The lowest BCUT2D eigenvalue weighted by Gasteiger charge is -2.44. The van der Waals surface area contributed by atoms with Gasteiger partial charge in [-0.05, 0) is 78.9 Å². The van der Waals surface area contributed by atoms with Crippen LogP contribution in [0.25, 0.3) is 10.8 Å². The molecule has 2 heterocycles. The summed E-state index contributed by atoms with van der Waals surface area (Å²) in [7, 11) is 0. The predicted octanol–water partition coefficient (Wildman–Crippen LogP) is 7.30. The van der Waals surface area contributed by atoms with Crippen molar-refractivity contribution in [3.05, 3.63) is 143 Å². The Hall–Kier alpha value is -5.27. The Balaban J connectivity index is 1.27. The number of anilines is 2. The SMILES string of the molecule is CC1CC(N(C(=O)CN2C(=O)c3cccc4cccc(c34)C2=O)c2ccccc2)c2ccccc2N1C(=O)c1ccc(Cl)cc1. The van der Waals surface area contributed by atoms with Crippen LogP contribution in [-0.4, -0.2) is 41.1 Å². The lowest BCUT2D eigenvalue weighted by atomic mass is 9.89. The summed E-state index contributed by atoms with van der Waals surface area (Å²) in [6, 6.07) is 33.5. The first-order chi connectivity index (χ1) is 21.8. The molecule has 5 aromatic rings. The van der Waals surface area contributed by atoms with Gasteiger partial charge in [0.15, 0.2) is 0 Å². The van der Waals surface area contributed by atoms with E-state index in [1.54, 1.807) is 58.3 Å². The summed E-state index contributed by atoms with van der Waals surface area (Å²) < 4.78 is 0. The standard InChI is InChI=1S/C37H28ClN3O4/c1-23-21-32(28-13-5-6-16-31(28)40(23)35(43)25-17-19-26(38)20-18-25)41(27-11-3-2-4-12-27)33(42)22-39-36(44)29-14-7-9-24-10-8-15-30(34(24)29)37(39)45/h2-20,23,32H,21-22H2,1H3. The predicted molar refractivity (Wildman–Crippen MR) is 175 cm³/mol. The minimum atomic E-state index is -0.497. The maximum atomic E-state index is 14.4. The van der Waals surface area contributed by atoms with E-state index in [9.17, 15) is 19.2 Å². The van der Waals surface area contributed by atoms with E-state index < -0.39 is 30.3 Å². The molecule has 0 aromatic heterocycles. The number of benzene rings is 5. The largest absolute Gasteiger partial charge is 0.305 e. The number of carbonyl (C=O) groups excluding carboxylic acids is 4. The van der Waals surface area contributed by atoms with Crippen LogP contribution in [0.15, 0.2) is 115 Å². The second kappa shape index (κ2) is 11.3. The van der Waals surface area contributed by atoms with E-state index in [0.717, 1.165) is 15.8 Å². The minimum absolute atomic E-state index is 0.167. The zero-order valence-electron chi connectivity index (χ0n) is 24.4. The van der Waals surface area contributed by atoms with E-state index >= 15 is 0 Å².